The van der Waals surface area contributed by atoms with Gasteiger partial charge in [0.2, 0.25) is 0 Å². The molecule has 1 atom stereocenters. The highest BCUT2D eigenvalue weighted by Crippen LogP contribution is 2.20. The number of imidazole rings is 1. The maximum Gasteiger partial charge on any atom is 0.147 e. The number of aromatic nitrogens is 2. The van der Waals surface area contributed by atoms with Crippen molar-refractivity contribution >= 4 is 16.8 Å². The predicted molar refractivity (Wildman–Crippen MR) is 84.3 cm³/mol. The molecule has 1 heterocycles. The summed E-state index contributed by atoms with van der Waals surface area (Å²) in [6.45, 7) is 1.96. The lowest BCUT2D eigenvalue weighted by atomic mass is 9.95. The average Bonchev–Trinajstić information content (AvgIpc) is 2.84. The first-order valence-corrected chi connectivity index (χ1v) is 7.15. The van der Waals surface area contributed by atoms with Gasteiger partial charge in [-0.15, -0.1) is 0 Å². The monoisotopic (exact) mass is 278 g/mol. The Morgan fingerprint density at radius 1 is 1.10 bits per heavy atom. The molecule has 1 unspecified atom stereocenters. The van der Waals surface area contributed by atoms with Crippen LogP contribution in [0.4, 0.5) is 0 Å². The van der Waals surface area contributed by atoms with Crippen LogP contribution in [0.1, 0.15) is 24.2 Å². The van der Waals surface area contributed by atoms with Crippen LogP contribution < -0.4 is 0 Å². The normalized spacial score (nSPS) is 12.5. The van der Waals surface area contributed by atoms with E-state index < -0.39 is 0 Å². The molecule has 0 aliphatic heterocycles. The van der Waals surface area contributed by atoms with E-state index >= 15 is 0 Å². The Balaban J connectivity index is 1.85. The Morgan fingerprint density at radius 3 is 2.48 bits per heavy atom. The summed E-state index contributed by atoms with van der Waals surface area (Å²) in [5.74, 6) is 0.912. The molecule has 0 aliphatic carbocycles. The van der Waals surface area contributed by atoms with E-state index in [-0.39, 0.29) is 11.7 Å². The Hall–Kier alpha value is -2.42. The highest BCUT2D eigenvalue weighted by Gasteiger charge is 2.18. The molecular weight excluding hydrogens is 260 g/mol. The van der Waals surface area contributed by atoms with Crippen molar-refractivity contribution < 1.29 is 4.79 Å². The fourth-order valence-corrected chi connectivity index (χ4v) is 2.59. The van der Waals surface area contributed by atoms with Crippen LogP contribution in [-0.2, 0) is 18.3 Å². The van der Waals surface area contributed by atoms with Gasteiger partial charge in [-0.2, -0.15) is 0 Å². The summed E-state index contributed by atoms with van der Waals surface area (Å²) >= 11 is 0. The third kappa shape index (κ3) is 2.59. The van der Waals surface area contributed by atoms with Gasteiger partial charge >= 0.3 is 0 Å². The molecule has 3 rings (SSSR count). The Morgan fingerprint density at radius 2 is 1.76 bits per heavy atom. The second-order valence-electron chi connectivity index (χ2n) is 5.35. The smallest absolute Gasteiger partial charge is 0.147 e. The molecule has 0 aliphatic rings. The van der Waals surface area contributed by atoms with Gasteiger partial charge in [-0.3, -0.25) is 4.79 Å². The van der Waals surface area contributed by atoms with E-state index in [1.165, 1.54) is 0 Å². The van der Waals surface area contributed by atoms with E-state index in [9.17, 15) is 4.79 Å². The summed E-state index contributed by atoms with van der Waals surface area (Å²) in [5.41, 5.74) is 3.06. The van der Waals surface area contributed by atoms with Gasteiger partial charge in [0, 0.05) is 13.0 Å². The summed E-state index contributed by atoms with van der Waals surface area (Å²) in [4.78, 5) is 17.1. The number of aryl methyl sites for hydroxylation is 1. The topological polar surface area (TPSA) is 34.9 Å². The van der Waals surface area contributed by atoms with Crippen molar-refractivity contribution in [2.24, 2.45) is 7.05 Å². The highest BCUT2D eigenvalue weighted by molar-refractivity contribution is 5.87. The molecule has 2 aromatic carbocycles. The van der Waals surface area contributed by atoms with E-state index in [0.29, 0.717) is 6.42 Å². The molecule has 0 amide bonds. The van der Waals surface area contributed by atoms with Crippen LogP contribution in [-0.4, -0.2) is 15.3 Å². The maximum absolute atomic E-state index is 12.5. The first-order chi connectivity index (χ1) is 10.2. The number of nitrogens with zero attached hydrogens (tertiary/aromatic N) is 2. The lowest BCUT2D eigenvalue weighted by molar-refractivity contribution is -0.119. The SMILES string of the molecule is CC(C(=O)Cc1nc2ccccc2n1C)c1ccccc1. The summed E-state index contributed by atoms with van der Waals surface area (Å²) in [6.07, 6.45) is 0.362. The van der Waals surface area contributed by atoms with Crippen LogP contribution in [0, 0.1) is 0 Å². The molecule has 3 nitrogen and oxygen atoms in total. The first kappa shape index (κ1) is 13.6. The molecule has 3 aromatic rings. The number of carbonyl (C=O) groups excluding carboxylic acids is 1. The zero-order valence-electron chi connectivity index (χ0n) is 12.3. The maximum atomic E-state index is 12.5. The Bertz CT molecular complexity index is 774. The number of rotatable bonds is 4. The lowest BCUT2D eigenvalue weighted by Crippen LogP contribution is -2.14. The predicted octanol–water partition coefficient (Wildman–Crippen LogP) is 3.49. The van der Waals surface area contributed by atoms with E-state index in [1.807, 2.05) is 73.1 Å². The van der Waals surface area contributed by atoms with Crippen molar-refractivity contribution in [1.29, 1.82) is 0 Å². The first-order valence-electron chi connectivity index (χ1n) is 7.15. The number of benzene rings is 2. The number of fused-ring (bicyclic) bond motifs is 1. The van der Waals surface area contributed by atoms with E-state index in [0.717, 1.165) is 22.4 Å². The number of para-hydroxylation sites is 2. The fraction of sp³-hybridized carbons (Fsp3) is 0.222. The summed E-state index contributed by atoms with van der Waals surface area (Å²) < 4.78 is 2.00. The fourth-order valence-electron chi connectivity index (χ4n) is 2.59. The largest absolute Gasteiger partial charge is 0.331 e. The van der Waals surface area contributed by atoms with Gasteiger partial charge in [-0.05, 0) is 17.7 Å². The minimum atomic E-state index is -0.106. The molecular formula is C18H18N2O. The number of hydrogen-bond acceptors (Lipinski definition) is 2. The molecule has 0 saturated heterocycles. The molecule has 0 spiro atoms. The minimum absolute atomic E-state index is 0.106. The van der Waals surface area contributed by atoms with Crippen LogP contribution in [0.25, 0.3) is 11.0 Å². The second kappa shape index (κ2) is 5.52. The number of hydrogen-bond donors (Lipinski definition) is 0. The summed E-state index contributed by atoms with van der Waals surface area (Å²) in [7, 11) is 1.96. The summed E-state index contributed by atoms with van der Waals surface area (Å²) in [5, 5.41) is 0. The van der Waals surface area contributed by atoms with Gasteiger partial charge in [-0.25, -0.2) is 4.98 Å². The number of ketones is 1. The van der Waals surface area contributed by atoms with Gasteiger partial charge in [0.15, 0.2) is 0 Å². The van der Waals surface area contributed by atoms with Crippen molar-refractivity contribution in [2.45, 2.75) is 19.3 Å². The molecule has 1 aromatic heterocycles. The quantitative estimate of drug-likeness (QED) is 0.732. The van der Waals surface area contributed by atoms with Crippen molar-refractivity contribution in [3.63, 3.8) is 0 Å². The van der Waals surface area contributed by atoms with Crippen molar-refractivity contribution in [2.75, 3.05) is 0 Å². The zero-order valence-corrected chi connectivity index (χ0v) is 12.3. The molecule has 21 heavy (non-hydrogen) atoms. The molecule has 3 heteroatoms. The van der Waals surface area contributed by atoms with Gasteiger partial charge < -0.3 is 4.57 Å². The molecule has 106 valence electrons. The van der Waals surface area contributed by atoms with Crippen molar-refractivity contribution in [3.05, 3.63) is 66.0 Å². The van der Waals surface area contributed by atoms with Gasteiger partial charge in [0.1, 0.15) is 11.6 Å². The van der Waals surface area contributed by atoms with Crippen LogP contribution in [0.3, 0.4) is 0 Å². The Labute approximate surface area is 124 Å². The van der Waals surface area contributed by atoms with Gasteiger partial charge in [-0.1, -0.05) is 49.4 Å². The molecule has 0 N–H and O–H groups in total. The molecule has 0 radical (unpaired) electrons. The van der Waals surface area contributed by atoms with E-state index in [1.54, 1.807) is 0 Å². The van der Waals surface area contributed by atoms with E-state index in [4.69, 9.17) is 0 Å². The van der Waals surface area contributed by atoms with Crippen LogP contribution in [0.15, 0.2) is 54.6 Å². The average molecular weight is 278 g/mol. The van der Waals surface area contributed by atoms with Crippen LogP contribution in [0.2, 0.25) is 0 Å². The molecule has 0 saturated carbocycles. The molecule has 0 fully saturated rings. The molecule has 0 bridgehead atoms. The van der Waals surface area contributed by atoms with Crippen molar-refractivity contribution in [1.82, 2.24) is 9.55 Å². The van der Waals surface area contributed by atoms with Crippen molar-refractivity contribution in [3.8, 4) is 0 Å². The van der Waals surface area contributed by atoms with Gasteiger partial charge in [0.25, 0.3) is 0 Å². The minimum Gasteiger partial charge on any atom is -0.331 e. The van der Waals surface area contributed by atoms with Gasteiger partial charge in [0.05, 0.1) is 17.5 Å². The summed E-state index contributed by atoms with van der Waals surface area (Å²) in [6, 6.07) is 17.8. The second-order valence-corrected chi connectivity index (χ2v) is 5.35. The lowest BCUT2D eigenvalue weighted by Gasteiger charge is -2.10. The zero-order chi connectivity index (χ0) is 14.8. The number of Topliss-reactive ketones (excluding diaryl/α,β-unsaturated/α-hetero) is 1. The Kier molecular flexibility index (Phi) is 3.57. The number of carbonyl (C=O) groups is 1. The van der Waals surface area contributed by atoms with E-state index in [2.05, 4.69) is 4.98 Å². The third-order valence-electron chi connectivity index (χ3n) is 3.99. The highest BCUT2D eigenvalue weighted by atomic mass is 16.1. The standard InChI is InChI=1S/C18H18N2O/c1-13(14-8-4-3-5-9-14)17(21)12-18-19-15-10-6-7-11-16(15)20(18)2/h3-11,13H,12H2,1-2H3. The van der Waals surface area contributed by atoms with Crippen LogP contribution in [0.5, 0.6) is 0 Å². The third-order valence-corrected chi connectivity index (χ3v) is 3.99. The van der Waals surface area contributed by atoms with Crippen LogP contribution >= 0.6 is 0 Å².